The molecular weight excluding hydrogens is 351 g/mol. The lowest BCUT2D eigenvalue weighted by Gasteiger charge is -2.11. The van der Waals surface area contributed by atoms with Crippen molar-refractivity contribution in [2.24, 2.45) is 0 Å². The zero-order chi connectivity index (χ0) is 18.1. The number of fused-ring (bicyclic) bond motifs is 1. The summed E-state index contributed by atoms with van der Waals surface area (Å²) in [5.74, 6) is 0.925. The highest BCUT2D eigenvalue weighted by Crippen LogP contribution is 2.39. The molecule has 0 amide bonds. The lowest BCUT2D eigenvalue weighted by molar-refractivity contribution is 0.101. The Morgan fingerprint density at radius 1 is 1.15 bits per heavy atom. The van der Waals surface area contributed by atoms with E-state index in [2.05, 4.69) is 0 Å². The molecule has 1 aliphatic heterocycles. The van der Waals surface area contributed by atoms with Crippen molar-refractivity contribution in [2.45, 2.75) is 13.5 Å². The van der Waals surface area contributed by atoms with Crippen LogP contribution in [0.2, 0.25) is 0 Å². The third kappa shape index (κ3) is 3.02. The van der Waals surface area contributed by atoms with E-state index < -0.39 is 0 Å². The molecule has 26 heavy (non-hydrogen) atoms. The minimum Gasteiger partial charge on any atom is -0.488 e. The quantitative estimate of drug-likeness (QED) is 0.581. The molecule has 3 aromatic rings. The van der Waals surface area contributed by atoms with E-state index in [4.69, 9.17) is 9.47 Å². The van der Waals surface area contributed by atoms with Crippen molar-refractivity contribution in [3.05, 3.63) is 87.1 Å². The van der Waals surface area contributed by atoms with Gasteiger partial charge in [-0.15, -0.1) is 11.3 Å². The van der Waals surface area contributed by atoms with Gasteiger partial charge in [0.15, 0.2) is 5.76 Å². The van der Waals surface area contributed by atoms with E-state index in [1.165, 1.54) is 17.4 Å². The summed E-state index contributed by atoms with van der Waals surface area (Å²) in [6, 6.07) is 13.7. The zero-order valence-corrected chi connectivity index (χ0v) is 14.8. The van der Waals surface area contributed by atoms with Crippen molar-refractivity contribution in [1.82, 2.24) is 0 Å². The van der Waals surface area contributed by atoms with Crippen molar-refractivity contribution >= 4 is 23.2 Å². The van der Waals surface area contributed by atoms with Crippen molar-refractivity contribution < 1.29 is 18.7 Å². The third-order valence-electron chi connectivity index (χ3n) is 4.19. The van der Waals surface area contributed by atoms with Crippen molar-refractivity contribution in [2.75, 3.05) is 0 Å². The van der Waals surface area contributed by atoms with Crippen LogP contribution in [0, 0.1) is 12.7 Å². The molecule has 0 saturated carbocycles. The summed E-state index contributed by atoms with van der Waals surface area (Å²) in [6.45, 7) is 1.94. The number of carbonyl (C=O) groups excluding carboxylic acids is 1. The highest BCUT2D eigenvalue weighted by molar-refractivity contribution is 7.10. The molecule has 1 aromatic heterocycles. The van der Waals surface area contributed by atoms with Gasteiger partial charge in [-0.3, -0.25) is 4.79 Å². The van der Waals surface area contributed by atoms with Crippen LogP contribution in [0.1, 0.15) is 26.4 Å². The molecule has 0 radical (unpaired) electrons. The minimum absolute atomic E-state index is 0.109. The molecular formula is C21H15FO3S. The van der Waals surface area contributed by atoms with Gasteiger partial charge in [0, 0.05) is 22.1 Å². The molecule has 0 N–H and O–H groups in total. The number of Topliss-reactive ketones (excluding diaryl/α,β-unsaturated/α-hetero) is 1. The van der Waals surface area contributed by atoms with Crippen molar-refractivity contribution in [3.63, 3.8) is 0 Å². The average molecular weight is 366 g/mol. The minimum atomic E-state index is -0.307. The van der Waals surface area contributed by atoms with Crippen molar-refractivity contribution in [1.29, 1.82) is 0 Å². The average Bonchev–Trinajstić information content (AvgIpc) is 3.26. The molecule has 0 aliphatic carbocycles. The second-order valence-electron chi connectivity index (χ2n) is 5.90. The van der Waals surface area contributed by atoms with Crippen LogP contribution < -0.4 is 9.47 Å². The lowest BCUT2D eigenvalue weighted by atomic mass is 10.1. The van der Waals surface area contributed by atoms with Crippen LogP contribution >= 0.6 is 11.3 Å². The van der Waals surface area contributed by atoms with Gasteiger partial charge in [-0.2, -0.15) is 0 Å². The first-order valence-electron chi connectivity index (χ1n) is 8.11. The van der Waals surface area contributed by atoms with Gasteiger partial charge >= 0.3 is 0 Å². The molecule has 5 heteroatoms. The summed E-state index contributed by atoms with van der Waals surface area (Å²) in [6.07, 6.45) is 1.74. The predicted octanol–water partition coefficient (Wildman–Crippen LogP) is 5.39. The van der Waals surface area contributed by atoms with Gasteiger partial charge in [-0.05, 0) is 36.6 Å². The molecule has 1 aliphatic rings. The Labute approximate surface area is 154 Å². The van der Waals surface area contributed by atoms with E-state index in [0.29, 0.717) is 28.4 Å². The van der Waals surface area contributed by atoms with Crippen LogP contribution in [0.25, 0.3) is 6.08 Å². The maximum atomic E-state index is 13.7. The molecule has 3 nitrogen and oxygen atoms in total. The Bertz CT molecular complexity index is 1010. The molecule has 2 heterocycles. The molecule has 0 fully saturated rings. The Morgan fingerprint density at radius 2 is 2.00 bits per heavy atom. The summed E-state index contributed by atoms with van der Waals surface area (Å²) in [7, 11) is 0. The Hall–Kier alpha value is -2.92. The van der Waals surface area contributed by atoms with Gasteiger partial charge in [0.2, 0.25) is 5.78 Å². The standard InChI is InChI=1S/C21H15FO3S/c1-13-18(24-12-14-5-2-3-7-17(14)22)9-8-16-20(23)19(25-21(13)16)11-15-6-4-10-26-15/h2-11H,12H2,1H3/b19-11-. The molecule has 2 aromatic carbocycles. The Morgan fingerprint density at radius 3 is 2.77 bits per heavy atom. The second kappa shape index (κ2) is 6.77. The van der Waals surface area contributed by atoms with Gasteiger partial charge in [0.25, 0.3) is 0 Å². The number of thiophene rings is 1. The van der Waals surface area contributed by atoms with Crippen LogP contribution in [0.15, 0.2) is 59.7 Å². The molecule has 4 rings (SSSR count). The summed E-state index contributed by atoms with van der Waals surface area (Å²) in [5.41, 5.74) is 1.72. The van der Waals surface area contributed by atoms with Gasteiger partial charge in [-0.25, -0.2) is 4.39 Å². The Balaban J connectivity index is 1.59. The topological polar surface area (TPSA) is 35.5 Å². The van der Waals surface area contributed by atoms with Gasteiger partial charge < -0.3 is 9.47 Å². The molecule has 0 unspecified atom stereocenters. The number of ether oxygens (including phenoxy) is 2. The number of ketones is 1. The fraction of sp³-hybridized carbons (Fsp3) is 0.0952. The summed E-state index contributed by atoms with van der Waals surface area (Å²) in [4.78, 5) is 13.5. The fourth-order valence-corrected chi connectivity index (χ4v) is 3.44. The molecule has 0 saturated heterocycles. The number of rotatable bonds is 4. The number of hydrogen-bond acceptors (Lipinski definition) is 4. The smallest absolute Gasteiger partial charge is 0.232 e. The summed E-state index contributed by atoms with van der Waals surface area (Å²) < 4.78 is 25.3. The van der Waals surface area contributed by atoms with Crippen LogP contribution in [-0.4, -0.2) is 5.78 Å². The van der Waals surface area contributed by atoms with E-state index in [1.54, 1.807) is 36.4 Å². The highest BCUT2D eigenvalue weighted by atomic mass is 32.1. The van der Waals surface area contributed by atoms with E-state index >= 15 is 0 Å². The normalized spacial score (nSPS) is 14.4. The first kappa shape index (κ1) is 16.5. The molecule has 130 valence electrons. The molecule has 0 bridgehead atoms. The summed E-state index contributed by atoms with van der Waals surface area (Å²) >= 11 is 1.54. The molecule has 0 atom stereocenters. The predicted molar refractivity (Wildman–Crippen MR) is 99.2 cm³/mol. The van der Waals surface area contributed by atoms with E-state index in [0.717, 1.165) is 10.4 Å². The Kier molecular flexibility index (Phi) is 4.31. The third-order valence-corrected chi connectivity index (χ3v) is 5.01. The van der Waals surface area contributed by atoms with Crippen LogP contribution in [0.4, 0.5) is 4.39 Å². The number of benzene rings is 2. The van der Waals surface area contributed by atoms with Gasteiger partial charge in [-0.1, -0.05) is 24.3 Å². The van der Waals surface area contributed by atoms with Gasteiger partial charge in [0.05, 0.1) is 5.56 Å². The zero-order valence-electron chi connectivity index (χ0n) is 14.0. The number of allylic oxidation sites excluding steroid dienone is 1. The summed E-state index contributed by atoms with van der Waals surface area (Å²) in [5, 5.41) is 1.94. The number of carbonyl (C=O) groups is 1. The van der Waals surface area contributed by atoms with Crippen LogP contribution in [0.3, 0.4) is 0 Å². The van der Waals surface area contributed by atoms with Gasteiger partial charge in [0.1, 0.15) is 23.9 Å². The van der Waals surface area contributed by atoms with Crippen LogP contribution in [0.5, 0.6) is 11.5 Å². The SMILES string of the molecule is Cc1c(OCc2ccccc2F)ccc2c1O/C(=C\c1cccs1)C2=O. The first-order chi connectivity index (χ1) is 12.6. The fourth-order valence-electron chi connectivity index (χ4n) is 2.80. The maximum absolute atomic E-state index is 13.7. The van der Waals surface area contributed by atoms with Crippen molar-refractivity contribution in [3.8, 4) is 11.5 Å². The van der Waals surface area contributed by atoms with E-state index in [9.17, 15) is 9.18 Å². The maximum Gasteiger partial charge on any atom is 0.232 e. The number of halogens is 1. The van der Waals surface area contributed by atoms with E-state index in [-0.39, 0.29) is 18.2 Å². The highest BCUT2D eigenvalue weighted by Gasteiger charge is 2.30. The monoisotopic (exact) mass is 366 g/mol. The van der Waals surface area contributed by atoms with E-state index in [1.807, 2.05) is 24.4 Å². The first-order valence-corrected chi connectivity index (χ1v) is 8.99. The largest absolute Gasteiger partial charge is 0.488 e. The second-order valence-corrected chi connectivity index (χ2v) is 6.88. The number of hydrogen-bond donors (Lipinski definition) is 0. The van der Waals surface area contributed by atoms with Crippen LogP contribution in [-0.2, 0) is 6.61 Å². The lowest BCUT2D eigenvalue weighted by Crippen LogP contribution is -2.00. The molecule has 0 spiro atoms.